The summed E-state index contributed by atoms with van der Waals surface area (Å²) in [6.45, 7) is 1.88. The first-order valence-electron chi connectivity index (χ1n) is 5.41. The summed E-state index contributed by atoms with van der Waals surface area (Å²) >= 11 is 6.02. The largest absolute Gasteiger partial charge is 0.495 e. The highest BCUT2D eigenvalue weighted by Gasteiger charge is 2.46. The Labute approximate surface area is 105 Å². The van der Waals surface area contributed by atoms with E-state index in [1.807, 2.05) is 6.92 Å². The maximum atomic E-state index is 11.8. The van der Waals surface area contributed by atoms with Crippen molar-refractivity contribution in [3.8, 4) is 5.75 Å². The van der Waals surface area contributed by atoms with Gasteiger partial charge in [0.05, 0.1) is 18.3 Å². The van der Waals surface area contributed by atoms with Gasteiger partial charge in [0.1, 0.15) is 5.75 Å². The molecule has 0 aromatic heterocycles. The predicted molar refractivity (Wildman–Crippen MR) is 67.5 cm³/mol. The molecule has 17 heavy (non-hydrogen) atoms. The Bertz CT molecular complexity index is 470. The number of halogens is 1. The molecule has 0 aliphatic heterocycles. The fourth-order valence-electron chi connectivity index (χ4n) is 1.53. The van der Waals surface area contributed by atoms with Crippen LogP contribution < -0.4 is 15.8 Å². The molecule has 1 aliphatic rings. The van der Waals surface area contributed by atoms with Gasteiger partial charge in [-0.2, -0.15) is 0 Å². The molecule has 0 atom stereocenters. The van der Waals surface area contributed by atoms with Crippen LogP contribution in [-0.2, 0) is 4.79 Å². The van der Waals surface area contributed by atoms with E-state index in [-0.39, 0.29) is 5.91 Å². The molecular weight excluding hydrogens is 240 g/mol. The minimum Gasteiger partial charge on any atom is -0.495 e. The topological polar surface area (TPSA) is 64.3 Å². The molecule has 0 spiro atoms. The number of ether oxygens (including phenoxy) is 1. The Hall–Kier alpha value is -1.26. The molecule has 1 aliphatic carbocycles. The molecule has 1 saturated carbocycles. The molecule has 1 fully saturated rings. The summed E-state index contributed by atoms with van der Waals surface area (Å²) < 4.78 is 5.20. The summed E-state index contributed by atoms with van der Waals surface area (Å²) in [6, 6.07) is 3.47. The van der Waals surface area contributed by atoms with Gasteiger partial charge in [0.15, 0.2) is 0 Å². The molecular formula is C12H15ClN2O2. The van der Waals surface area contributed by atoms with E-state index in [9.17, 15) is 4.79 Å². The van der Waals surface area contributed by atoms with Crippen LogP contribution in [0.4, 0.5) is 5.69 Å². The lowest BCUT2D eigenvalue weighted by molar-refractivity contribution is -0.118. The lowest BCUT2D eigenvalue weighted by Crippen LogP contribution is -2.37. The van der Waals surface area contributed by atoms with Gasteiger partial charge < -0.3 is 15.8 Å². The van der Waals surface area contributed by atoms with Crippen molar-refractivity contribution in [1.82, 2.24) is 0 Å². The van der Waals surface area contributed by atoms with Crippen LogP contribution in [0.5, 0.6) is 5.75 Å². The quantitative estimate of drug-likeness (QED) is 0.868. The third kappa shape index (κ3) is 2.37. The number of aryl methyl sites for hydroxylation is 1. The minimum atomic E-state index is -0.706. The van der Waals surface area contributed by atoms with Crippen LogP contribution in [0.25, 0.3) is 0 Å². The first-order valence-corrected chi connectivity index (χ1v) is 5.78. The summed E-state index contributed by atoms with van der Waals surface area (Å²) in [6.07, 6.45) is 1.45. The number of anilines is 1. The number of hydrogen-bond donors (Lipinski definition) is 2. The average molecular weight is 255 g/mol. The van der Waals surface area contributed by atoms with E-state index in [4.69, 9.17) is 22.1 Å². The van der Waals surface area contributed by atoms with Gasteiger partial charge in [-0.25, -0.2) is 0 Å². The second-order valence-corrected chi connectivity index (χ2v) is 4.82. The molecule has 1 aromatic carbocycles. The summed E-state index contributed by atoms with van der Waals surface area (Å²) in [5.41, 5.74) is 6.56. The van der Waals surface area contributed by atoms with Crippen LogP contribution >= 0.6 is 11.6 Å². The number of amides is 1. The van der Waals surface area contributed by atoms with Crippen molar-refractivity contribution in [3.63, 3.8) is 0 Å². The van der Waals surface area contributed by atoms with E-state index >= 15 is 0 Å². The SMILES string of the molecule is COc1cc(C)c(Cl)cc1NC(=O)C1(N)CC1. The molecule has 5 heteroatoms. The summed E-state index contributed by atoms with van der Waals surface area (Å²) in [7, 11) is 1.55. The van der Waals surface area contributed by atoms with Crippen molar-refractivity contribution in [2.45, 2.75) is 25.3 Å². The summed E-state index contributed by atoms with van der Waals surface area (Å²) in [5, 5.41) is 3.34. The molecule has 92 valence electrons. The highest BCUT2D eigenvalue weighted by Crippen LogP contribution is 2.36. The molecule has 0 bridgehead atoms. The number of hydrogen-bond acceptors (Lipinski definition) is 3. The van der Waals surface area contributed by atoms with Gasteiger partial charge in [0, 0.05) is 5.02 Å². The molecule has 0 saturated heterocycles. The van der Waals surface area contributed by atoms with Crippen LogP contribution in [0.3, 0.4) is 0 Å². The highest BCUT2D eigenvalue weighted by atomic mass is 35.5. The third-order valence-corrected chi connectivity index (χ3v) is 3.38. The van der Waals surface area contributed by atoms with E-state index in [0.717, 1.165) is 18.4 Å². The van der Waals surface area contributed by atoms with E-state index in [0.29, 0.717) is 16.5 Å². The summed E-state index contributed by atoms with van der Waals surface area (Å²) in [4.78, 5) is 11.8. The zero-order valence-corrected chi connectivity index (χ0v) is 10.6. The molecule has 0 unspecified atom stereocenters. The normalized spacial score (nSPS) is 16.5. The molecule has 0 radical (unpaired) electrons. The van der Waals surface area contributed by atoms with Crippen molar-refractivity contribution in [2.24, 2.45) is 5.73 Å². The van der Waals surface area contributed by atoms with Crippen molar-refractivity contribution in [3.05, 3.63) is 22.7 Å². The Morgan fingerprint density at radius 3 is 2.71 bits per heavy atom. The number of nitrogens with one attached hydrogen (secondary N) is 1. The molecule has 0 heterocycles. The lowest BCUT2D eigenvalue weighted by Gasteiger charge is -2.14. The molecule has 1 aromatic rings. The van der Waals surface area contributed by atoms with E-state index in [1.165, 1.54) is 0 Å². The molecule has 1 amide bonds. The van der Waals surface area contributed by atoms with Crippen LogP contribution in [0.2, 0.25) is 5.02 Å². The maximum absolute atomic E-state index is 11.8. The van der Waals surface area contributed by atoms with Gasteiger partial charge in [-0.3, -0.25) is 4.79 Å². The van der Waals surface area contributed by atoms with Gasteiger partial charge in [-0.05, 0) is 37.5 Å². The minimum absolute atomic E-state index is 0.185. The average Bonchev–Trinajstić information content (AvgIpc) is 3.03. The fourth-order valence-corrected chi connectivity index (χ4v) is 1.69. The van der Waals surface area contributed by atoms with Gasteiger partial charge in [0.25, 0.3) is 0 Å². The van der Waals surface area contributed by atoms with Crippen LogP contribution in [0.1, 0.15) is 18.4 Å². The van der Waals surface area contributed by atoms with Crippen molar-refractivity contribution in [1.29, 1.82) is 0 Å². The maximum Gasteiger partial charge on any atom is 0.244 e. The van der Waals surface area contributed by atoms with Gasteiger partial charge in [0.2, 0.25) is 5.91 Å². The fraction of sp³-hybridized carbons (Fsp3) is 0.417. The first kappa shape index (κ1) is 12.2. The zero-order valence-electron chi connectivity index (χ0n) is 9.84. The zero-order chi connectivity index (χ0) is 12.6. The van der Waals surface area contributed by atoms with Gasteiger partial charge in [-0.15, -0.1) is 0 Å². The smallest absolute Gasteiger partial charge is 0.244 e. The number of carbonyl (C=O) groups excluding carboxylic acids is 1. The van der Waals surface area contributed by atoms with E-state index in [1.54, 1.807) is 19.2 Å². The Balaban J connectivity index is 2.25. The van der Waals surface area contributed by atoms with Crippen molar-refractivity contribution >= 4 is 23.2 Å². The molecule has 2 rings (SSSR count). The monoisotopic (exact) mass is 254 g/mol. The first-order chi connectivity index (χ1) is 7.96. The van der Waals surface area contributed by atoms with Crippen LogP contribution in [0, 0.1) is 6.92 Å². The van der Waals surface area contributed by atoms with Crippen LogP contribution in [0.15, 0.2) is 12.1 Å². The molecule has 4 nitrogen and oxygen atoms in total. The standard InChI is InChI=1S/C12H15ClN2O2/c1-7-5-10(17-2)9(6-8(7)13)15-11(16)12(14)3-4-12/h5-6H,3-4,14H2,1-2H3,(H,15,16). The van der Waals surface area contributed by atoms with Gasteiger partial charge in [-0.1, -0.05) is 11.6 Å². The summed E-state index contributed by atoms with van der Waals surface area (Å²) in [5.74, 6) is 0.403. The number of nitrogens with two attached hydrogens (primary N) is 1. The number of rotatable bonds is 3. The second kappa shape index (κ2) is 4.20. The Morgan fingerprint density at radius 1 is 1.53 bits per heavy atom. The second-order valence-electron chi connectivity index (χ2n) is 4.41. The third-order valence-electron chi connectivity index (χ3n) is 2.97. The van der Waals surface area contributed by atoms with Crippen molar-refractivity contribution in [2.75, 3.05) is 12.4 Å². The number of benzene rings is 1. The van der Waals surface area contributed by atoms with Crippen LogP contribution in [-0.4, -0.2) is 18.6 Å². The Morgan fingerprint density at radius 2 is 2.18 bits per heavy atom. The predicted octanol–water partition coefficient (Wildman–Crippen LogP) is 2.09. The van der Waals surface area contributed by atoms with Gasteiger partial charge >= 0.3 is 0 Å². The number of carbonyl (C=O) groups is 1. The van der Waals surface area contributed by atoms with Crippen molar-refractivity contribution < 1.29 is 9.53 Å². The van der Waals surface area contributed by atoms with E-state index < -0.39 is 5.54 Å². The molecule has 3 N–H and O–H groups in total. The number of methoxy groups -OCH3 is 1. The highest BCUT2D eigenvalue weighted by molar-refractivity contribution is 6.31. The van der Waals surface area contributed by atoms with E-state index in [2.05, 4.69) is 5.32 Å². The lowest BCUT2D eigenvalue weighted by atomic mass is 10.2. The Kier molecular flexibility index (Phi) is 3.02.